The van der Waals surface area contributed by atoms with E-state index < -0.39 is 11.9 Å². The molecule has 0 saturated carbocycles. The first kappa shape index (κ1) is 13.0. The van der Waals surface area contributed by atoms with Crippen LogP contribution in [0.25, 0.3) is 0 Å². The number of carbonyl (C=O) groups is 2. The zero-order valence-corrected chi connectivity index (χ0v) is 9.96. The van der Waals surface area contributed by atoms with Gasteiger partial charge in [0, 0.05) is 25.0 Å². The number of amides is 2. The van der Waals surface area contributed by atoms with E-state index in [0.717, 1.165) is 0 Å². The summed E-state index contributed by atoms with van der Waals surface area (Å²) in [5, 5.41) is 4.84. The van der Waals surface area contributed by atoms with Gasteiger partial charge >= 0.3 is 0 Å². The predicted molar refractivity (Wildman–Crippen MR) is 62.8 cm³/mol. The maximum absolute atomic E-state index is 11.7. The topological polar surface area (TPSA) is 91.1 Å². The van der Waals surface area contributed by atoms with Gasteiger partial charge in [0.25, 0.3) is 5.91 Å². The first-order valence-electron chi connectivity index (χ1n) is 5.17. The molecule has 1 aromatic heterocycles. The minimum Gasteiger partial charge on any atom is -0.364 e. The van der Waals surface area contributed by atoms with Gasteiger partial charge in [-0.25, -0.2) is 0 Å². The summed E-state index contributed by atoms with van der Waals surface area (Å²) in [6.45, 7) is 3.26. The van der Waals surface area contributed by atoms with E-state index in [1.165, 1.54) is 19.3 Å². The van der Waals surface area contributed by atoms with Crippen LogP contribution < -0.4 is 16.1 Å². The highest BCUT2D eigenvalue weighted by Crippen LogP contribution is 1.93. The lowest BCUT2D eigenvalue weighted by Crippen LogP contribution is -2.44. The molecule has 0 bridgehead atoms. The average molecular weight is 237 g/mol. The number of carbonyl (C=O) groups excluding carboxylic acids is 2. The van der Waals surface area contributed by atoms with Gasteiger partial charge in [-0.15, -0.1) is 0 Å². The normalized spacial score (nSPS) is 11.7. The third kappa shape index (κ3) is 3.17. The highest BCUT2D eigenvalue weighted by molar-refractivity contribution is 5.97. The number of H-pyrrole nitrogens is 1. The molecular weight excluding hydrogens is 222 g/mol. The minimum absolute atomic E-state index is 0.00801. The number of hydrogen-bond donors (Lipinski definition) is 3. The van der Waals surface area contributed by atoms with E-state index in [9.17, 15) is 14.4 Å². The van der Waals surface area contributed by atoms with Crippen LogP contribution >= 0.6 is 0 Å². The third-order valence-electron chi connectivity index (χ3n) is 2.29. The Morgan fingerprint density at radius 2 is 2.06 bits per heavy atom. The van der Waals surface area contributed by atoms with Gasteiger partial charge in [0.2, 0.25) is 5.91 Å². The van der Waals surface area contributed by atoms with E-state index in [1.54, 1.807) is 13.8 Å². The van der Waals surface area contributed by atoms with Crippen molar-refractivity contribution in [1.82, 2.24) is 15.6 Å². The van der Waals surface area contributed by atoms with E-state index in [1.807, 2.05) is 0 Å². The lowest BCUT2D eigenvalue weighted by Gasteiger charge is -2.11. The number of aryl methyl sites for hydroxylation is 1. The molecule has 0 aliphatic carbocycles. The Morgan fingerprint density at radius 1 is 1.41 bits per heavy atom. The minimum atomic E-state index is -0.687. The van der Waals surface area contributed by atoms with Crippen LogP contribution in [-0.2, 0) is 4.79 Å². The number of rotatable bonds is 3. The summed E-state index contributed by atoms with van der Waals surface area (Å²) in [5.41, 5.74) is 0.292. The van der Waals surface area contributed by atoms with Crippen LogP contribution in [0, 0.1) is 6.92 Å². The van der Waals surface area contributed by atoms with Gasteiger partial charge in [-0.3, -0.25) is 14.4 Å². The van der Waals surface area contributed by atoms with E-state index >= 15 is 0 Å². The summed E-state index contributed by atoms with van der Waals surface area (Å²) in [4.78, 5) is 37.2. The molecule has 3 N–H and O–H groups in total. The second-order valence-corrected chi connectivity index (χ2v) is 3.70. The molecule has 0 saturated heterocycles. The van der Waals surface area contributed by atoms with Crippen LogP contribution in [0.3, 0.4) is 0 Å². The Hall–Kier alpha value is -2.11. The van der Waals surface area contributed by atoms with Gasteiger partial charge in [-0.05, 0) is 13.8 Å². The molecule has 0 radical (unpaired) electrons. The summed E-state index contributed by atoms with van der Waals surface area (Å²) in [7, 11) is 1.48. The SMILES string of the molecule is CNC(=O)C(C)NC(=O)c1c[nH]c(C)cc1=O. The highest BCUT2D eigenvalue weighted by Gasteiger charge is 2.17. The zero-order valence-electron chi connectivity index (χ0n) is 9.96. The van der Waals surface area contributed by atoms with Crippen LogP contribution in [-0.4, -0.2) is 29.9 Å². The van der Waals surface area contributed by atoms with Crippen LogP contribution in [0.5, 0.6) is 0 Å². The monoisotopic (exact) mass is 237 g/mol. The number of likely N-dealkylation sites (N-methyl/N-ethyl adjacent to an activating group) is 1. The quantitative estimate of drug-likeness (QED) is 0.664. The summed E-state index contributed by atoms with van der Waals surface area (Å²) in [6, 6.07) is 0.646. The fourth-order valence-electron chi connectivity index (χ4n) is 1.31. The maximum atomic E-state index is 11.7. The van der Waals surface area contributed by atoms with Crippen LogP contribution in [0.15, 0.2) is 17.1 Å². The third-order valence-corrected chi connectivity index (χ3v) is 2.29. The Morgan fingerprint density at radius 3 is 2.59 bits per heavy atom. The second kappa shape index (κ2) is 5.29. The Bertz CT molecular complexity index is 493. The van der Waals surface area contributed by atoms with Gasteiger partial charge < -0.3 is 15.6 Å². The molecule has 1 rings (SSSR count). The molecule has 2 amide bonds. The number of hydrogen-bond acceptors (Lipinski definition) is 3. The Labute approximate surface area is 98.4 Å². The van der Waals surface area contributed by atoms with Crippen molar-refractivity contribution in [3.8, 4) is 0 Å². The van der Waals surface area contributed by atoms with Gasteiger partial charge in [0.05, 0.1) is 0 Å². The van der Waals surface area contributed by atoms with E-state index in [2.05, 4.69) is 15.6 Å². The van der Waals surface area contributed by atoms with Gasteiger partial charge in [0.1, 0.15) is 11.6 Å². The van der Waals surface area contributed by atoms with E-state index in [0.29, 0.717) is 5.69 Å². The van der Waals surface area contributed by atoms with E-state index in [-0.39, 0.29) is 16.9 Å². The molecule has 0 aliphatic rings. The molecule has 1 atom stereocenters. The standard InChI is InChI=1S/C11H15N3O3/c1-6-4-9(15)8(5-13-6)11(17)14-7(2)10(16)12-3/h4-5,7H,1-3H3,(H,12,16)(H,13,15)(H,14,17). The number of nitrogens with one attached hydrogen (secondary N) is 3. The number of pyridine rings is 1. The molecule has 0 aliphatic heterocycles. The predicted octanol–water partition coefficient (Wildman–Crippen LogP) is -0.452. The second-order valence-electron chi connectivity index (χ2n) is 3.70. The fraction of sp³-hybridized carbons (Fsp3) is 0.364. The van der Waals surface area contributed by atoms with Crippen molar-refractivity contribution in [2.24, 2.45) is 0 Å². The van der Waals surface area contributed by atoms with Crippen molar-refractivity contribution < 1.29 is 9.59 Å². The molecule has 1 heterocycles. The molecule has 6 heteroatoms. The first-order chi connectivity index (χ1) is 7.95. The smallest absolute Gasteiger partial charge is 0.257 e. The molecule has 1 aromatic rings. The van der Waals surface area contributed by atoms with Crippen molar-refractivity contribution in [2.45, 2.75) is 19.9 Å². The maximum Gasteiger partial charge on any atom is 0.257 e. The number of aromatic amines is 1. The molecule has 92 valence electrons. The highest BCUT2D eigenvalue weighted by atomic mass is 16.2. The molecule has 0 spiro atoms. The Balaban J connectivity index is 2.84. The molecule has 0 aromatic carbocycles. The lowest BCUT2D eigenvalue weighted by atomic mass is 10.2. The zero-order chi connectivity index (χ0) is 13.0. The summed E-state index contributed by atoms with van der Waals surface area (Å²) >= 11 is 0. The van der Waals surface area contributed by atoms with Crippen molar-refractivity contribution in [1.29, 1.82) is 0 Å². The molecule has 1 unspecified atom stereocenters. The summed E-state index contributed by atoms with van der Waals surface area (Å²) < 4.78 is 0. The van der Waals surface area contributed by atoms with Gasteiger partial charge in [-0.1, -0.05) is 0 Å². The van der Waals surface area contributed by atoms with Crippen LogP contribution in [0.1, 0.15) is 23.0 Å². The van der Waals surface area contributed by atoms with Crippen molar-refractivity contribution in [3.05, 3.63) is 33.7 Å². The van der Waals surface area contributed by atoms with Crippen LogP contribution in [0.2, 0.25) is 0 Å². The largest absolute Gasteiger partial charge is 0.364 e. The van der Waals surface area contributed by atoms with Crippen molar-refractivity contribution in [3.63, 3.8) is 0 Å². The molecular formula is C11H15N3O3. The van der Waals surface area contributed by atoms with Crippen molar-refractivity contribution >= 4 is 11.8 Å². The van der Waals surface area contributed by atoms with Gasteiger partial charge in [0.15, 0.2) is 5.43 Å². The molecule has 0 fully saturated rings. The molecule has 17 heavy (non-hydrogen) atoms. The molecule has 6 nitrogen and oxygen atoms in total. The first-order valence-corrected chi connectivity index (χ1v) is 5.17. The Kier molecular flexibility index (Phi) is 4.03. The summed E-state index contributed by atoms with van der Waals surface area (Å²) in [5.74, 6) is -0.885. The summed E-state index contributed by atoms with van der Waals surface area (Å²) in [6.07, 6.45) is 1.34. The van der Waals surface area contributed by atoms with Gasteiger partial charge in [-0.2, -0.15) is 0 Å². The fourth-order valence-corrected chi connectivity index (χ4v) is 1.31. The van der Waals surface area contributed by atoms with E-state index in [4.69, 9.17) is 0 Å². The average Bonchev–Trinajstić information content (AvgIpc) is 2.27. The van der Waals surface area contributed by atoms with Crippen LogP contribution in [0.4, 0.5) is 0 Å². The number of aromatic nitrogens is 1. The van der Waals surface area contributed by atoms with Crippen molar-refractivity contribution in [2.75, 3.05) is 7.05 Å². The lowest BCUT2D eigenvalue weighted by molar-refractivity contribution is -0.122.